The molecule has 0 aromatic carbocycles. The summed E-state index contributed by atoms with van der Waals surface area (Å²) in [6.07, 6.45) is 2.75. The van der Waals surface area contributed by atoms with E-state index in [1.165, 1.54) is 32.5 Å². The number of rotatable bonds is 7. The number of nitrogens with zero attached hydrogens (tertiary/aromatic N) is 1. The number of hydrogen-bond donors (Lipinski definition) is 2. The van der Waals surface area contributed by atoms with Gasteiger partial charge in [-0.3, -0.25) is 0 Å². The summed E-state index contributed by atoms with van der Waals surface area (Å²) in [4.78, 5) is 2.56. The quantitative estimate of drug-likeness (QED) is 0.690. The Bertz CT molecular complexity index is 188. The fourth-order valence-electron chi connectivity index (χ4n) is 2.18. The van der Waals surface area contributed by atoms with Crippen LogP contribution in [-0.4, -0.2) is 49.3 Å². The minimum absolute atomic E-state index is 0.00731. The van der Waals surface area contributed by atoms with Gasteiger partial charge in [-0.1, -0.05) is 20.8 Å². The molecule has 1 aliphatic heterocycles. The molecule has 0 aromatic rings. The molecule has 0 bridgehead atoms. The lowest BCUT2D eigenvalue weighted by atomic mass is 9.95. The van der Waals surface area contributed by atoms with E-state index in [9.17, 15) is 0 Å². The van der Waals surface area contributed by atoms with Crippen molar-refractivity contribution in [3.8, 4) is 0 Å². The number of aliphatic hydroxyl groups excluding tert-OH is 1. The molecular weight excluding hydrogens is 200 g/mol. The highest BCUT2D eigenvalue weighted by Crippen LogP contribution is 2.12. The molecule has 2 N–H and O–H groups in total. The summed E-state index contributed by atoms with van der Waals surface area (Å²) in [5, 5.41) is 12.6. The first-order chi connectivity index (χ1) is 7.53. The van der Waals surface area contributed by atoms with Crippen molar-refractivity contribution in [3.05, 3.63) is 0 Å². The number of aliphatic hydroxyl groups is 1. The molecule has 1 rings (SSSR count). The molecule has 1 saturated heterocycles. The fraction of sp³-hybridized carbons (Fsp3) is 1.00. The molecule has 0 spiro atoms. The van der Waals surface area contributed by atoms with Gasteiger partial charge in [0.05, 0.1) is 0 Å². The zero-order valence-electron chi connectivity index (χ0n) is 11.1. The standard InChI is InChI=1S/C13H28N2O/c1-12(9-15-6-4-5-7-15)8-14-10-13(2,3)11-16/h12,14,16H,4-11H2,1-3H3. The summed E-state index contributed by atoms with van der Waals surface area (Å²) in [5.41, 5.74) is 0.00731. The molecule has 1 heterocycles. The highest BCUT2D eigenvalue weighted by Gasteiger charge is 2.17. The molecule has 0 aliphatic carbocycles. The average molecular weight is 228 g/mol. The molecule has 3 nitrogen and oxygen atoms in total. The van der Waals surface area contributed by atoms with Gasteiger partial charge in [-0.15, -0.1) is 0 Å². The Morgan fingerprint density at radius 3 is 2.50 bits per heavy atom. The van der Waals surface area contributed by atoms with Crippen LogP contribution in [0.1, 0.15) is 33.6 Å². The zero-order valence-corrected chi connectivity index (χ0v) is 11.1. The van der Waals surface area contributed by atoms with E-state index in [2.05, 4.69) is 31.0 Å². The second kappa shape index (κ2) is 6.58. The van der Waals surface area contributed by atoms with Gasteiger partial charge in [-0.25, -0.2) is 0 Å². The molecule has 1 atom stereocenters. The highest BCUT2D eigenvalue weighted by molar-refractivity contribution is 4.73. The average Bonchev–Trinajstić information content (AvgIpc) is 2.70. The number of hydrogen-bond acceptors (Lipinski definition) is 3. The van der Waals surface area contributed by atoms with Crippen molar-refractivity contribution in [1.29, 1.82) is 0 Å². The topological polar surface area (TPSA) is 35.5 Å². The molecule has 0 amide bonds. The zero-order chi connectivity index (χ0) is 12.0. The Morgan fingerprint density at radius 1 is 1.31 bits per heavy atom. The summed E-state index contributed by atoms with van der Waals surface area (Å²) >= 11 is 0. The van der Waals surface area contributed by atoms with E-state index >= 15 is 0 Å². The molecule has 1 unspecified atom stereocenters. The van der Waals surface area contributed by atoms with Crippen LogP contribution in [0.15, 0.2) is 0 Å². The molecule has 1 fully saturated rings. The third-order valence-corrected chi connectivity index (χ3v) is 3.29. The lowest BCUT2D eigenvalue weighted by Crippen LogP contribution is -2.37. The second-order valence-corrected chi connectivity index (χ2v) is 6.07. The van der Waals surface area contributed by atoms with E-state index < -0.39 is 0 Å². The van der Waals surface area contributed by atoms with Crippen molar-refractivity contribution in [2.45, 2.75) is 33.6 Å². The van der Waals surface area contributed by atoms with E-state index in [0.717, 1.165) is 13.1 Å². The molecule has 0 radical (unpaired) electrons. The van der Waals surface area contributed by atoms with Crippen molar-refractivity contribution >= 4 is 0 Å². The SMILES string of the molecule is CC(CNCC(C)(C)CO)CN1CCCC1. The van der Waals surface area contributed by atoms with Gasteiger partial charge >= 0.3 is 0 Å². The predicted molar refractivity (Wildman–Crippen MR) is 68.6 cm³/mol. The molecule has 16 heavy (non-hydrogen) atoms. The van der Waals surface area contributed by atoms with Crippen molar-refractivity contribution in [3.63, 3.8) is 0 Å². The van der Waals surface area contributed by atoms with Gasteiger partial charge in [0.15, 0.2) is 0 Å². The van der Waals surface area contributed by atoms with Crippen LogP contribution in [0.25, 0.3) is 0 Å². The first kappa shape index (κ1) is 13.9. The maximum Gasteiger partial charge on any atom is 0.0494 e. The first-order valence-electron chi connectivity index (χ1n) is 6.57. The van der Waals surface area contributed by atoms with Gasteiger partial charge in [-0.05, 0) is 38.4 Å². The van der Waals surface area contributed by atoms with Gasteiger partial charge in [0, 0.05) is 25.1 Å². The maximum atomic E-state index is 9.14. The monoisotopic (exact) mass is 228 g/mol. The Hall–Kier alpha value is -0.120. The van der Waals surface area contributed by atoms with Crippen molar-refractivity contribution in [2.75, 3.05) is 39.3 Å². The van der Waals surface area contributed by atoms with Crippen molar-refractivity contribution in [1.82, 2.24) is 10.2 Å². The summed E-state index contributed by atoms with van der Waals surface area (Å²) in [5.74, 6) is 0.701. The largest absolute Gasteiger partial charge is 0.396 e. The molecule has 0 saturated carbocycles. The van der Waals surface area contributed by atoms with Gasteiger partial charge < -0.3 is 15.3 Å². The summed E-state index contributed by atoms with van der Waals surface area (Å²) in [6, 6.07) is 0. The van der Waals surface area contributed by atoms with Crippen LogP contribution in [0.2, 0.25) is 0 Å². The van der Waals surface area contributed by atoms with Gasteiger partial charge in [0.1, 0.15) is 0 Å². The van der Waals surface area contributed by atoms with Crippen LogP contribution >= 0.6 is 0 Å². The van der Waals surface area contributed by atoms with Crippen LogP contribution < -0.4 is 5.32 Å². The lowest BCUT2D eigenvalue weighted by molar-refractivity contribution is 0.154. The van der Waals surface area contributed by atoms with E-state index in [1.807, 2.05) is 0 Å². The number of nitrogens with one attached hydrogen (secondary N) is 1. The van der Waals surface area contributed by atoms with E-state index in [-0.39, 0.29) is 12.0 Å². The van der Waals surface area contributed by atoms with E-state index in [4.69, 9.17) is 5.11 Å². The minimum atomic E-state index is 0.00731. The maximum absolute atomic E-state index is 9.14. The molecule has 0 aromatic heterocycles. The molecule has 96 valence electrons. The number of likely N-dealkylation sites (tertiary alicyclic amines) is 1. The van der Waals surface area contributed by atoms with Crippen molar-refractivity contribution in [2.24, 2.45) is 11.3 Å². The second-order valence-electron chi connectivity index (χ2n) is 6.07. The Kier molecular flexibility index (Phi) is 5.73. The molecular formula is C13H28N2O. The molecule has 3 heteroatoms. The van der Waals surface area contributed by atoms with Crippen LogP contribution in [0, 0.1) is 11.3 Å². The Balaban J connectivity index is 2.07. The predicted octanol–water partition coefficient (Wildman–Crippen LogP) is 1.33. The van der Waals surface area contributed by atoms with Gasteiger partial charge in [-0.2, -0.15) is 0 Å². The van der Waals surface area contributed by atoms with Crippen LogP contribution in [-0.2, 0) is 0 Å². The third-order valence-electron chi connectivity index (χ3n) is 3.29. The normalized spacial score (nSPS) is 20.2. The Labute approximate surface area is 100 Å². The smallest absolute Gasteiger partial charge is 0.0494 e. The van der Waals surface area contributed by atoms with E-state index in [1.54, 1.807) is 0 Å². The van der Waals surface area contributed by atoms with E-state index in [0.29, 0.717) is 5.92 Å². The fourth-order valence-corrected chi connectivity index (χ4v) is 2.18. The summed E-state index contributed by atoms with van der Waals surface area (Å²) in [6.45, 7) is 12.5. The van der Waals surface area contributed by atoms with Crippen LogP contribution in [0.5, 0.6) is 0 Å². The highest BCUT2D eigenvalue weighted by atomic mass is 16.3. The lowest BCUT2D eigenvalue weighted by Gasteiger charge is -2.25. The van der Waals surface area contributed by atoms with Gasteiger partial charge in [0.2, 0.25) is 0 Å². The first-order valence-corrected chi connectivity index (χ1v) is 6.57. The van der Waals surface area contributed by atoms with Crippen LogP contribution in [0.4, 0.5) is 0 Å². The van der Waals surface area contributed by atoms with Crippen LogP contribution in [0.3, 0.4) is 0 Å². The molecule has 1 aliphatic rings. The van der Waals surface area contributed by atoms with Crippen molar-refractivity contribution < 1.29 is 5.11 Å². The summed E-state index contributed by atoms with van der Waals surface area (Å²) < 4.78 is 0. The van der Waals surface area contributed by atoms with Gasteiger partial charge in [0.25, 0.3) is 0 Å². The minimum Gasteiger partial charge on any atom is -0.396 e. The third kappa shape index (κ3) is 5.28. The Morgan fingerprint density at radius 2 is 1.94 bits per heavy atom. The summed E-state index contributed by atoms with van der Waals surface area (Å²) in [7, 11) is 0.